The molecule has 0 saturated carbocycles. The second kappa shape index (κ2) is 8.14. The summed E-state index contributed by atoms with van der Waals surface area (Å²) >= 11 is 0. The summed E-state index contributed by atoms with van der Waals surface area (Å²) < 4.78 is 12.8. The van der Waals surface area contributed by atoms with E-state index in [2.05, 4.69) is 27.8 Å². The smallest absolute Gasteiger partial charge is 0.191 e. The molecule has 1 aromatic carbocycles. The Kier molecular flexibility index (Phi) is 6.83. The van der Waals surface area contributed by atoms with Gasteiger partial charge in [-0.2, -0.15) is 0 Å². The molecule has 1 aromatic rings. The second-order valence-electron chi connectivity index (χ2n) is 4.34. The lowest BCUT2D eigenvalue weighted by molar-refractivity contribution is 0.625. The molecule has 1 aliphatic carbocycles. The van der Waals surface area contributed by atoms with Crippen LogP contribution in [0.1, 0.15) is 18.4 Å². The number of nitrogens with one attached hydrogen (secondary N) is 2. The van der Waals surface area contributed by atoms with Crippen LogP contribution in [0.5, 0.6) is 0 Å². The number of halogens is 2. The number of aliphatic imine (C=N–C) groups is 1. The van der Waals surface area contributed by atoms with E-state index in [1.807, 2.05) is 0 Å². The molecule has 1 aliphatic rings. The zero-order valence-corrected chi connectivity index (χ0v) is 13.2. The van der Waals surface area contributed by atoms with Gasteiger partial charge in [0.2, 0.25) is 0 Å². The van der Waals surface area contributed by atoms with Gasteiger partial charge >= 0.3 is 0 Å². The molecule has 0 radical (unpaired) electrons. The monoisotopic (exact) mass is 375 g/mol. The molecule has 2 rings (SSSR count). The maximum absolute atomic E-state index is 12.8. The first-order valence-electron chi connectivity index (χ1n) is 6.14. The Balaban J connectivity index is 0.00000180. The average Bonchev–Trinajstić information content (AvgIpc) is 2.89. The first-order chi connectivity index (χ1) is 8.78. The van der Waals surface area contributed by atoms with E-state index in [0.717, 1.165) is 24.4 Å². The summed E-state index contributed by atoms with van der Waals surface area (Å²) in [5.41, 5.74) is 1.03. The number of hydrogen-bond donors (Lipinski definition) is 2. The van der Waals surface area contributed by atoms with Crippen LogP contribution in [0, 0.1) is 5.82 Å². The fourth-order valence-electron chi connectivity index (χ4n) is 1.91. The van der Waals surface area contributed by atoms with E-state index in [9.17, 15) is 4.39 Å². The van der Waals surface area contributed by atoms with Crippen LogP contribution in [-0.4, -0.2) is 19.0 Å². The van der Waals surface area contributed by atoms with Crippen LogP contribution in [0.15, 0.2) is 41.4 Å². The van der Waals surface area contributed by atoms with E-state index in [1.165, 1.54) is 12.1 Å². The van der Waals surface area contributed by atoms with Crippen LogP contribution in [0.4, 0.5) is 4.39 Å². The first-order valence-corrected chi connectivity index (χ1v) is 6.14. The van der Waals surface area contributed by atoms with Gasteiger partial charge < -0.3 is 10.6 Å². The SMILES string of the molecule is CN=C(NCc1ccc(F)cc1)NC1CC=CC1.I. The van der Waals surface area contributed by atoms with E-state index in [-0.39, 0.29) is 29.8 Å². The Bertz CT molecular complexity index is 435. The molecule has 0 spiro atoms. The third-order valence-electron chi connectivity index (χ3n) is 2.95. The van der Waals surface area contributed by atoms with Gasteiger partial charge in [-0.25, -0.2) is 4.39 Å². The van der Waals surface area contributed by atoms with Crippen molar-refractivity contribution in [2.75, 3.05) is 7.05 Å². The summed E-state index contributed by atoms with van der Waals surface area (Å²) in [5, 5.41) is 6.57. The maximum Gasteiger partial charge on any atom is 0.191 e. The van der Waals surface area contributed by atoms with Gasteiger partial charge in [0, 0.05) is 19.6 Å². The Labute approximate surface area is 130 Å². The van der Waals surface area contributed by atoms with E-state index in [1.54, 1.807) is 19.2 Å². The third kappa shape index (κ3) is 5.18. The Hall–Kier alpha value is -1.11. The topological polar surface area (TPSA) is 36.4 Å². The van der Waals surface area contributed by atoms with Gasteiger partial charge in [0.15, 0.2) is 5.96 Å². The predicted molar refractivity (Wildman–Crippen MR) is 87.3 cm³/mol. The number of benzene rings is 1. The summed E-state index contributed by atoms with van der Waals surface area (Å²) in [6.45, 7) is 0.639. The molecule has 0 fully saturated rings. The zero-order valence-electron chi connectivity index (χ0n) is 10.9. The van der Waals surface area contributed by atoms with Crippen LogP contribution in [0.2, 0.25) is 0 Å². The van der Waals surface area contributed by atoms with Crippen LogP contribution in [0.25, 0.3) is 0 Å². The molecule has 2 N–H and O–H groups in total. The predicted octanol–water partition coefficient (Wildman–Crippen LogP) is 2.83. The summed E-state index contributed by atoms with van der Waals surface area (Å²) in [4.78, 5) is 4.18. The minimum absolute atomic E-state index is 0. The Morgan fingerprint density at radius 1 is 1.26 bits per heavy atom. The fraction of sp³-hybridized carbons (Fsp3) is 0.357. The number of hydrogen-bond acceptors (Lipinski definition) is 1. The molecule has 0 atom stereocenters. The van der Waals surface area contributed by atoms with Crippen molar-refractivity contribution in [3.05, 3.63) is 47.8 Å². The highest BCUT2D eigenvalue weighted by molar-refractivity contribution is 14.0. The largest absolute Gasteiger partial charge is 0.353 e. The van der Waals surface area contributed by atoms with Crippen molar-refractivity contribution in [2.45, 2.75) is 25.4 Å². The second-order valence-corrected chi connectivity index (χ2v) is 4.34. The van der Waals surface area contributed by atoms with Crippen molar-refractivity contribution in [2.24, 2.45) is 4.99 Å². The van der Waals surface area contributed by atoms with Gasteiger partial charge in [0.25, 0.3) is 0 Å². The molecule has 0 bridgehead atoms. The number of guanidine groups is 1. The molecule has 5 heteroatoms. The molecule has 0 heterocycles. The molecule has 0 aromatic heterocycles. The minimum atomic E-state index is -0.210. The number of nitrogens with zero attached hydrogens (tertiary/aromatic N) is 1. The summed E-state index contributed by atoms with van der Waals surface area (Å²) in [6, 6.07) is 6.91. The normalized spacial score (nSPS) is 15.2. The van der Waals surface area contributed by atoms with Gasteiger partial charge in [-0.1, -0.05) is 24.3 Å². The van der Waals surface area contributed by atoms with Gasteiger partial charge in [-0.15, -0.1) is 24.0 Å². The van der Waals surface area contributed by atoms with Gasteiger partial charge in [-0.3, -0.25) is 4.99 Å². The molecule has 19 heavy (non-hydrogen) atoms. The molecule has 0 amide bonds. The lowest BCUT2D eigenvalue weighted by Crippen LogP contribution is -2.42. The van der Waals surface area contributed by atoms with Crippen LogP contribution >= 0.6 is 24.0 Å². The van der Waals surface area contributed by atoms with E-state index in [4.69, 9.17) is 0 Å². The minimum Gasteiger partial charge on any atom is -0.353 e. The van der Waals surface area contributed by atoms with Crippen molar-refractivity contribution >= 4 is 29.9 Å². The molecule has 0 saturated heterocycles. The molecule has 0 aliphatic heterocycles. The molecular weight excluding hydrogens is 356 g/mol. The standard InChI is InChI=1S/C14H18FN3.HI/c1-16-14(18-13-4-2-3-5-13)17-10-11-6-8-12(15)9-7-11;/h2-3,6-9,13H,4-5,10H2,1H3,(H2,16,17,18);1H. The van der Waals surface area contributed by atoms with E-state index in [0.29, 0.717) is 12.6 Å². The summed E-state index contributed by atoms with van der Waals surface area (Å²) in [6.07, 6.45) is 6.42. The molecule has 0 unspecified atom stereocenters. The van der Waals surface area contributed by atoms with E-state index < -0.39 is 0 Å². The maximum atomic E-state index is 12.8. The number of rotatable bonds is 3. The summed E-state index contributed by atoms with van der Waals surface area (Å²) in [7, 11) is 1.75. The van der Waals surface area contributed by atoms with Crippen LogP contribution < -0.4 is 10.6 Å². The highest BCUT2D eigenvalue weighted by Crippen LogP contribution is 2.08. The quantitative estimate of drug-likeness (QED) is 0.369. The average molecular weight is 375 g/mol. The van der Waals surface area contributed by atoms with Gasteiger partial charge in [0.05, 0.1) is 0 Å². The Morgan fingerprint density at radius 3 is 2.47 bits per heavy atom. The summed E-state index contributed by atoms with van der Waals surface area (Å²) in [5.74, 6) is 0.575. The van der Waals surface area contributed by atoms with Crippen LogP contribution in [-0.2, 0) is 6.54 Å². The van der Waals surface area contributed by atoms with Crippen molar-refractivity contribution < 1.29 is 4.39 Å². The highest BCUT2D eigenvalue weighted by Gasteiger charge is 2.11. The first kappa shape index (κ1) is 15.9. The highest BCUT2D eigenvalue weighted by atomic mass is 127. The lowest BCUT2D eigenvalue weighted by Gasteiger charge is -2.16. The van der Waals surface area contributed by atoms with E-state index >= 15 is 0 Å². The molecule has 104 valence electrons. The lowest BCUT2D eigenvalue weighted by atomic mass is 10.2. The van der Waals surface area contributed by atoms with Crippen molar-refractivity contribution in [3.63, 3.8) is 0 Å². The van der Waals surface area contributed by atoms with Crippen LogP contribution in [0.3, 0.4) is 0 Å². The van der Waals surface area contributed by atoms with Crippen molar-refractivity contribution in [1.82, 2.24) is 10.6 Å². The Morgan fingerprint density at radius 2 is 1.89 bits per heavy atom. The molecular formula is C14H19FIN3. The fourth-order valence-corrected chi connectivity index (χ4v) is 1.91. The molecule has 3 nitrogen and oxygen atoms in total. The van der Waals surface area contributed by atoms with Gasteiger partial charge in [0.1, 0.15) is 5.82 Å². The van der Waals surface area contributed by atoms with Crippen molar-refractivity contribution in [3.8, 4) is 0 Å². The van der Waals surface area contributed by atoms with Crippen molar-refractivity contribution in [1.29, 1.82) is 0 Å². The zero-order chi connectivity index (χ0) is 12.8. The van der Waals surface area contributed by atoms with Gasteiger partial charge in [-0.05, 0) is 30.5 Å². The third-order valence-corrected chi connectivity index (χ3v) is 2.95.